The molecule has 8 aromatic rings. The zero-order valence-electron chi connectivity index (χ0n) is 30.5. The molecular formula is C43H30ClN9O6. The maximum Gasteiger partial charge on any atom is 0.273 e. The van der Waals surface area contributed by atoms with E-state index in [9.17, 15) is 20.2 Å². The van der Waals surface area contributed by atoms with Gasteiger partial charge in [-0.2, -0.15) is 15.7 Å². The molecule has 8 rings (SSSR count). The summed E-state index contributed by atoms with van der Waals surface area (Å²) in [5, 5.41) is 60.6. The Morgan fingerprint density at radius 3 is 1.78 bits per heavy atom. The van der Waals surface area contributed by atoms with Crippen molar-refractivity contribution < 1.29 is 29.5 Å². The van der Waals surface area contributed by atoms with E-state index in [2.05, 4.69) is 36.1 Å². The molecule has 16 heteroatoms. The number of aromatic nitrogens is 2. The number of nitrogens with one attached hydrogen (secondary N) is 3. The van der Waals surface area contributed by atoms with Crippen LogP contribution in [0.15, 0.2) is 158 Å². The van der Waals surface area contributed by atoms with Crippen molar-refractivity contribution in [3.63, 3.8) is 0 Å². The minimum absolute atomic E-state index is 0.00278. The van der Waals surface area contributed by atoms with E-state index in [-0.39, 0.29) is 47.1 Å². The summed E-state index contributed by atoms with van der Waals surface area (Å²) < 4.78 is 5.97. The number of rotatable bonds is 13. The number of nitrogens with zero attached hydrogens (tertiary/aromatic N) is 6. The highest BCUT2D eigenvalue weighted by Gasteiger charge is 2.20. The van der Waals surface area contributed by atoms with Gasteiger partial charge in [-0.05, 0) is 83.6 Å². The molecule has 0 atom stereocenters. The van der Waals surface area contributed by atoms with Crippen LogP contribution in [0.2, 0.25) is 5.02 Å². The van der Waals surface area contributed by atoms with E-state index in [1.807, 2.05) is 29.7 Å². The van der Waals surface area contributed by atoms with Crippen LogP contribution in [0, 0.1) is 6.23 Å². The Balaban J connectivity index is 0.964. The van der Waals surface area contributed by atoms with E-state index in [1.54, 1.807) is 103 Å². The molecule has 0 aliphatic heterocycles. The molecular weight excluding hydrogens is 774 g/mol. The van der Waals surface area contributed by atoms with Gasteiger partial charge >= 0.3 is 0 Å². The number of para-hydroxylation sites is 1. The first-order chi connectivity index (χ1) is 28.7. The van der Waals surface area contributed by atoms with E-state index in [0.717, 1.165) is 5.39 Å². The minimum Gasteiger partial charge on any atom is -0.505 e. The third-order valence-electron chi connectivity index (χ3n) is 9.13. The normalized spacial score (nSPS) is 11.7. The fourth-order valence-corrected chi connectivity index (χ4v) is 6.32. The molecule has 7 aromatic carbocycles. The Labute approximate surface area is 340 Å². The third kappa shape index (κ3) is 8.30. The minimum atomic E-state index is -1.03. The Morgan fingerprint density at radius 2 is 1.22 bits per heavy atom. The van der Waals surface area contributed by atoms with Crippen LogP contribution in [0.5, 0.6) is 11.5 Å². The number of amides is 1. The molecule has 0 spiro atoms. The first-order valence-electron chi connectivity index (χ1n) is 17.8. The Morgan fingerprint density at radius 1 is 0.695 bits per heavy atom. The number of carbonyl (C=O) groups is 1. The molecule has 0 aliphatic carbocycles. The van der Waals surface area contributed by atoms with Crippen LogP contribution < -0.4 is 16.7 Å². The molecule has 0 saturated heterocycles. The highest BCUT2D eigenvalue weighted by Crippen LogP contribution is 2.41. The monoisotopic (exact) mass is 803 g/mol. The second-order valence-corrected chi connectivity index (χ2v) is 13.3. The van der Waals surface area contributed by atoms with Crippen LogP contribution in [-0.4, -0.2) is 31.5 Å². The lowest BCUT2D eigenvalue weighted by atomic mass is 10.0. The summed E-state index contributed by atoms with van der Waals surface area (Å²) in [6.07, 6.45) is -0.0313. The van der Waals surface area contributed by atoms with E-state index in [0.29, 0.717) is 54.9 Å². The maximum absolute atomic E-state index is 11.8. The molecule has 15 nitrogen and oxygen atoms in total. The number of azo groups is 2. The number of halogens is 1. The number of aromatic hydroxyl groups is 2. The summed E-state index contributed by atoms with van der Waals surface area (Å²) in [6.45, 7) is 0. The van der Waals surface area contributed by atoms with Gasteiger partial charge in [0, 0.05) is 33.9 Å². The quantitative estimate of drug-likeness (QED) is 0.0547. The number of hydrogen-bond donors (Lipinski definition) is 5. The molecule has 1 heterocycles. The van der Waals surface area contributed by atoms with Gasteiger partial charge in [0.1, 0.15) is 17.1 Å². The van der Waals surface area contributed by atoms with E-state index >= 15 is 0 Å². The molecule has 2 radical (unpaired) electrons. The zero-order valence-corrected chi connectivity index (χ0v) is 31.3. The van der Waals surface area contributed by atoms with Crippen molar-refractivity contribution in [2.24, 2.45) is 20.5 Å². The van der Waals surface area contributed by atoms with Crippen molar-refractivity contribution in [1.82, 2.24) is 21.4 Å². The summed E-state index contributed by atoms with van der Waals surface area (Å²) in [6, 6.07) is 38.4. The number of anilines is 1. The smallest absolute Gasteiger partial charge is 0.273 e. The van der Waals surface area contributed by atoms with Crippen LogP contribution in [0.4, 0.5) is 28.4 Å². The van der Waals surface area contributed by atoms with Gasteiger partial charge in [-0.3, -0.25) is 16.0 Å². The topological polar surface area (TPSA) is 223 Å². The maximum atomic E-state index is 11.8. The number of hydroxylamine groups is 1. The number of phenolic OH excluding ortho intramolecular Hbond substituents is 2. The summed E-state index contributed by atoms with van der Waals surface area (Å²) in [5.74, 6) is -1.05. The number of benzene rings is 7. The van der Waals surface area contributed by atoms with Crippen molar-refractivity contribution in [2.45, 2.75) is 6.42 Å². The largest absolute Gasteiger partial charge is 0.505 e. The SMILES string of the molecule is [NH]C(=O)c1cc2ccccc2c(N=Nc2ccc(-c3nnc(-c4ccc(N=Nc5c(O)c(C[C](NO)ONc6ccccc6Cl)cc6ccccc56)cc4)o3)cc2)c1O. The lowest BCUT2D eigenvalue weighted by molar-refractivity contribution is 0.0505. The first kappa shape index (κ1) is 38.3. The van der Waals surface area contributed by atoms with E-state index < -0.39 is 11.7 Å². The summed E-state index contributed by atoms with van der Waals surface area (Å²) in [5.41, 5.74) is 15.5. The summed E-state index contributed by atoms with van der Waals surface area (Å²) in [4.78, 5) is 17.3. The van der Waals surface area contributed by atoms with Gasteiger partial charge in [-0.1, -0.05) is 72.3 Å². The number of phenols is 2. The van der Waals surface area contributed by atoms with Gasteiger partial charge in [-0.25, -0.2) is 4.84 Å². The van der Waals surface area contributed by atoms with Gasteiger partial charge in [0.25, 0.3) is 5.91 Å². The number of hydrogen-bond acceptors (Lipinski definition) is 14. The van der Waals surface area contributed by atoms with Gasteiger partial charge in [0.05, 0.1) is 27.6 Å². The lowest BCUT2D eigenvalue weighted by Crippen LogP contribution is -2.25. The van der Waals surface area contributed by atoms with Crippen LogP contribution in [0.3, 0.4) is 0 Å². The van der Waals surface area contributed by atoms with Crippen molar-refractivity contribution in [3.8, 4) is 34.4 Å². The Bertz CT molecular complexity index is 2880. The van der Waals surface area contributed by atoms with Crippen LogP contribution in [0.1, 0.15) is 15.9 Å². The van der Waals surface area contributed by atoms with Gasteiger partial charge < -0.3 is 19.8 Å². The molecule has 290 valence electrons. The second kappa shape index (κ2) is 16.9. The molecule has 0 unspecified atom stereocenters. The number of fused-ring (bicyclic) bond motifs is 2. The molecule has 0 aliphatic rings. The average molecular weight is 804 g/mol. The molecule has 0 fully saturated rings. The van der Waals surface area contributed by atoms with Gasteiger partial charge in [-0.15, -0.1) is 20.4 Å². The van der Waals surface area contributed by atoms with Crippen LogP contribution >= 0.6 is 11.6 Å². The zero-order chi connectivity index (χ0) is 40.9. The Kier molecular flexibility index (Phi) is 11.0. The lowest BCUT2D eigenvalue weighted by Gasteiger charge is -2.17. The Hall–Kier alpha value is -7.56. The number of carbonyl (C=O) groups excluding carboxylic acids is 1. The van der Waals surface area contributed by atoms with Crippen molar-refractivity contribution >= 4 is 67.5 Å². The molecule has 0 bridgehead atoms. The molecule has 1 amide bonds. The predicted molar refractivity (Wildman–Crippen MR) is 220 cm³/mol. The van der Waals surface area contributed by atoms with Gasteiger partial charge in [0.15, 0.2) is 5.75 Å². The molecule has 0 saturated carbocycles. The average Bonchev–Trinajstić information content (AvgIpc) is 3.76. The highest BCUT2D eigenvalue weighted by molar-refractivity contribution is 6.33. The first-order valence-corrected chi connectivity index (χ1v) is 18.2. The fourth-order valence-electron chi connectivity index (χ4n) is 6.15. The fraction of sp³-hybridized carbons (Fsp3) is 0.0233. The van der Waals surface area contributed by atoms with Crippen LogP contribution in [0.25, 0.3) is 44.5 Å². The molecule has 59 heavy (non-hydrogen) atoms. The standard InChI is InChI=1S/C43H30ClN9O6/c44-34-11-5-6-12-35(34)53-59-36(52-57)23-28-21-26-7-1-3-9-31(26)37(39(28)54)48-46-29-17-13-24(14-18-29)42-50-51-43(58-42)25-15-19-30(20-16-25)47-49-38-32-10-4-2-8-27(32)22-33(40(38)55)41(45)56/h1-22,45,52-55,57H,23H2. The van der Waals surface area contributed by atoms with Crippen molar-refractivity contribution in [3.05, 3.63) is 156 Å². The highest BCUT2D eigenvalue weighted by atomic mass is 35.5. The third-order valence-corrected chi connectivity index (χ3v) is 9.46. The van der Waals surface area contributed by atoms with Gasteiger partial charge in [0.2, 0.25) is 18.0 Å². The summed E-state index contributed by atoms with van der Waals surface area (Å²) in [7, 11) is 0. The van der Waals surface area contributed by atoms with Crippen molar-refractivity contribution in [1.29, 1.82) is 0 Å². The molecule has 6 N–H and O–H groups in total. The van der Waals surface area contributed by atoms with E-state index in [1.165, 1.54) is 6.07 Å². The van der Waals surface area contributed by atoms with Crippen LogP contribution in [-0.2, 0) is 11.3 Å². The second-order valence-electron chi connectivity index (χ2n) is 12.9. The van der Waals surface area contributed by atoms with Crippen molar-refractivity contribution in [2.75, 3.05) is 5.48 Å². The van der Waals surface area contributed by atoms with E-state index in [4.69, 9.17) is 26.6 Å². The summed E-state index contributed by atoms with van der Waals surface area (Å²) >= 11 is 6.19. The molecule has 1 aromatic heterocycles. The predicted octanol–water partition coefficient (Wildman–Crippen LogP) is 11.1.